The quantitative estimate of drug-likeness (QED) is 0.559. The van der Waals surface area contributed by atoms with Crippen LogP contribution in [0.25, 0.3) is 0 Å². The molecule has 1 heterocycles. The fourth-order valence-electron chi connectivity index (χ4n) is 0.943. The number of ether oxygens (including phenoxy) is 1. The zero-order valence-corrected chi connectivity index (χ0v) is 8.69. The standard InChI is InChI=1S/C8H11BClNO3/c1-5(2)14-8-6(9(12)13)3-4-7(10)11-8/h3-5,12-13H,1-2H3. The first kappa shape index (κ1) is 11.3. The SMILES string of the molecule is CC(C)Oc1nc(Cl)ccc1B(O)O. The summed E-state index contributed by atoms with van der Waals surface area (Å²) in [5, 5.41) is 18.3. The molecule has 0 saturated heterocycles. The average Bonchev–Trinajstić information content (AvgIpc) is 2.01. The van der Waals surface area contributed by atoms with Crippen molar-refractivity contribution in [2.24, 2.45) is 0 Å². The second-order valence-corrected chi connectivity index (χ2v) is 3.46. The van der Waals surface area contributed by atoms with Crippen LogP contribution in [0, 0.1) is 0 Å². The molecule has 0 saturated carbocycles. The van der Waals surface area contributed by atoms with Crippen LogP contribution in [0.15, 0.2) is 12.1 Å². The minimum atomic E-state index is -1.60. The molecule has 4 nitrogen and oxygen atoms in total. The molecule has 0 aliphatic rings. The van der Waals surface area contributed by atoms with Gasteiger partial charge >= 0.3 is 7.12 Å². The lowest BCUT2D eigenvalue weighted by molar-refractivity contribution is 0.234. The van der Waals surface area contributed by atoms with Crippen LogP contribution in [0.3, 0.4) is 0 Å². The summed E-state index contributed by atoms with van der Waals surface area (Å²) in [5.41, 5.74) is 0.211. The molecule has 1 aromatic rings. The van der Waals surface area contributed by atoms with Gasteiger partial charge in [0.2, 0.25) is 5.88 Å². The van der Waals surface area contributed by atoms with Crippen LogP contribution < -0.4 is 10.2 Å². The Labute approximate surface area is 87.6 Å². The van der Waals surface area contributed by atoms with E-state index in [0.29, 0.717) is 0 Å². The molecular weight excluding hydrogens is 204 g/mol. The first-order valence-corrected chi connectivity index (χ1v) is 4.57. The Balaban J connectivity index is 3.03. The maximum atomic E-state index is 9.00. The van der Waals surface area contributed by atoms with Gasteiger partial charge in [0.15, 0.2) is 0 Å². The Hall–Kier alpha value is -0.775. The van der Waals surface area contributed by atoms with Crippen LogP contribution in [-0.2, 0) is 0 Å². The Morgan fingerprint density at radius 2 is 2.07 bits per heavy atom. The van der Waals surface area contributed by atoms with Crippen molar-refractivity contribution in [2.45, 2.75) is 20.0 Å². The normalized spacial score (nSPS) is 10.4. The molecule has 6 heteroatoms. The number of hydrogen-bond donors (Lipinski definition) is 2. The van der Waals surface area contributed by atoms with Crippen LogP contribution >= 0.6 is 11.6 Å². The fourth-order valence-corrected chi connectivity index (χ4v) is 1.08. The summed E-state index contributed by atoms with van der Waals surface area (Å²) in [7, 11) is -1.60. The van der Waals surface area contributed by atoms with E-state index in [9.17, 15) is 0 Å². The van der Waals surface area contributed by atoms with Gasteiger partial charge in [0, 0.05) is 5.46 Å². The fraction of sp³-hybridized carbons (Fsp3) is 0.375. The van der Waals surface area contributed by atoms with Gasteiger partial charge in [0.05, 0.1) is 6.10 Å². The Kier molecular flexibility index (Phi) is 3.74. The van der Waals surface area contributed by atoms with Crippen molar-refractivity contribution < 1.29 is 14.8 Å². The van der Waals surface area contributed by atoms with Crippen LogP contribution in [0.2, 0.25) is 5.15 Å². The molecule has 0 aliphatic heterocycles. The maximum absolute atomic E-state index is 9.00. The van der Waals surface area contributed by atoms with E-state index in [1.54, 1.807) is 0 Å². The summed E-state index contributed by atoms with van der Waals surface area (Å²) in [6.45, 7) is 3.63. The molecule has 0 amide bonds. The molecule has 1 aromatic heterocycles. The highest BCUT2D eigenvalue weighted by Crippen LogP contribution is 2.11. The van der Waals surface area contributed by atoms with Crippen molar-refractivity contribution in [1.29, 1.82) is 0 Å². The number of aromatic nitrogens is 1. The molecule has 0 unspecified atom stereocenters. The van der Waals surface area contributed by atoms with Gasteiger partial charge in [-0.1, -0.05) is 17.7 Å². The molecule has 2 N–H and O–H groups in total. The van der Waals surface area contributed by atoms with E-state index >= 15 is 0 Å². The summed E-state index contributed by atoms with van der Waals surface area (Å²) in [6.07, 6.45) is -0.0986. The van der Waals surface area contributed by atoms with E-state index in [4.69, 9.17) is 26.4 Å². The molecule has 0 fully saturated rings. The number of nitrogens with zero attached hydrogens (tertiary/aromatic N) is 1. The van der Waals surface area contributed by atoms with Gasteiger partial charge in [0.1, 0.15) is 5.15 Å². The minimum Gasteiger partial charge on any atom is -0.475 e. The molecule has 76 valence electrons. The molecule has 0 atom stereocenters. The topological polar surface area (TPSA) is 62.6 Å². The monoisotopic (exact) mass is 215 g/mol. The van der Waals surface area contributed by atoms with E-state index in [1.807, 2.05) is 13.8 Å². The predicted octanol–water partition coefficient (Wildman–Crippen LogP) is 0.202. The minimum absolute atomic E-state index is 0.0986. The highest BCUT2D eigenvalue weighted by atomic mass is 35.5. The summed E-state index contributed by atoms with van der Waals surface area (Å²) in [4.78, 5) is 3.86. The lowest BCUT2D eigenvalue weighted by Gasteiger charge is -2.12. The smallest absolute Gasteiger partial charge is 0.475 e. The van der Waals surface area contributed by atoms with Crippen molar-refractivity contribution in [3.63, 3.8) is 0 Å². The predicted molar refractivity (Wildman–Crippen MR) is 54.8 cm³/mol. The molecule has 0 spiro atoms. The van der Waals surface area contributed by atoms with Gasteiger partial charge in [0.25, 0.3) is 0 Å². The third-order valence-corrected chi connectivity index (χ3v) is 1.69. The summed E-state index contributed by atoms with van der Waals surface area (Å²) < 4.78 is 5.27. The number of rotatable bonds is 3. The molecule has 0 bridgehead atoms. The Morgan fingerprint density at radius 1 is 1.43 bits per heavy atom. The number of pyridine rings is 1. The van der Waals surface area contributed by atoms with Crippen LogP contribution in [0.5, 0.6) is 5.88 Å². The Morgan fingerprint density at radius 3 is 2.57 bits per heavy atom. The molecule has 0 aliphatic carbocycles. The van der Waals surface area contributed by atoms with Crippen molar-refractivity contribution in [1.82, 2.24) is 4.98 Å². The van der Waals surface area contributed by atoms with Crippen molar-refractivity contribution in [3.8, 4) is 5.88 Å². The molecule has 14 heavy (non-hydrogen) atoms. The van der Waals surface area contributed by atoms with Crippen molar-refractivity contribution in [2.75, 3.05) is 0 Å². The average molecular weight is 215 g/mol. The maximum Gasteiger partial charge on any atom is 0.494 e. The summed E-state index contributed by atoms with van der Waals surface area (Å²) in [5.74, 6) is 0.155. The van der Waals surface area contributed by atoms with Gasteiger partial charge in [-0.15, -0.1) is 0 Å². The van der Waals surface area contributed by atoms with E-state index in [1.165, 1.54) is 12.1 Å². The van der Waals surface area contributed by atoms with Gasteiger partial charge in [-0.3, -0.25) is 0 Å². The number of hydrogen-bond acceptors (Lipinski definition) is 4. The summed E-state index contributed by atoms with van der Waals surface area (Å²) >= 11 is 5.65. The first-order chi connectivity index (χ1) is 6.50. The first-order valence-electron chi connectivity index (χ1n) is 4.20. The van der Waals surface area contributed by atoms with E-state index in [0.717, 1.165) is 0 Å². The zero-order valence-electron chi connectivity index (χ0n) is 7.94. The van der Waals surface area contributed by atoms with E-state index in [2.05, 4.69) is 4.98 Å². The highest BCUT2D eigenvalue weighted by molar-refractivity contribution is 6.59. The second-order valence-electron chi connectivity index (χ2n) is 3.07. The Bertz CT molecular complexity index is 319. The largest absolute Gasteiger partial charge is 0.494 e. The lowest BCUT2D eigenvalue weighted by Crippen LogP contribution is -2.33. The van der Waals surface area contributed by atoms with E-state index < -0.39 is 7.12 Å². The third kappa shape index (κ3) is 2.87. The highest BCUT2D eigenvalue weighted by Gasteiger charge is 2.19. The van der Waals surface area contributed by atoms with E-state index in [-0.39, 0.29) is 22.6 Å². The van der Waals surface area contributed by atoms with Gasteiger partial charge < -0.3 is 14.8 Å². The lowest BCUT2D eigenvalue weighted by atomic mass is 9.81. The van der Waals surface area contributed by atoms with Gasteiger partial charge in [-0.2, -0.15) is 0 Å². The van der Waals surface area contributed by atoms with Gasteiger partial charge in [-0.25, -0.2) is 4.98 Å². The van der Waals surface area contributed by atoms with Crippen LogP contribution in [0.1, 0.15) is 13.8 Å². The van der Waals surface area contributed by atoms with Gasteiger partial charge in [-0.05, 0) is 19.9 Å². The summed E-state index contributed by atoms with van der Waals surface area (Å²) in [6, 6.07) is 2.95. The van der Waals surface area contributed by atoms with Crippen LogP contribution in [0.4, 0.5) is 0 Å². The third-order valence-electron chi connectivity index (χ3n) is 1.48. The molecule has 1 rings (SSSR count). The van der Waals surface area contributed by atoms with Crippen LogP contribution in [-0.4, -0.2) is 28.3 Å². The number of halogens is 1. The molecule has 0 radical (unpaired) electrons. The van der Waals surface area contributed by atoms with Crippen molar-refractivity contribution in [3.05, 3.63) is 17.3 Å². The second kappa shape index (κ2) is 4.64. The zero-order chi connectivity index (χ0) is 10.7. The van der Waals surface area contributed by atoms with Crippen molar-refractivity contribution >= 4 is 24.2 Å². The molecule has 0 aromatic carbocycles. The molecular formula is C8H11BClNO3.